The van der Waals surface area contributed by atoms with Crippen LogP contribution < -0.4 is 4.90 Å². The van der Waals surface area contributed by atoms with Crippen molar-refractivity contribution in [2.75, 3.05) is 18.0 Å². The number of halogens is 2. The zero-order valence-corrected chi connectivity index (χ0v) is 21.3. The van der Waals surface area contributed by atoms with Crippen LogP contribution in [0.5, 0.6) is 0 Å². The lowest BCUT2D eigenvalue weighted by molar-refractivity contribution is -0.139. The monoisotopic (exact) mass is 500 g/mol. The maximum atomic E-state index is 13.7. The molecule has 6 nitrogen and oxygen atoms in total. The van der Waals surface area contributed by atoms with E-state index < -0.39 is 0 Å². The van der Waals surface area contributed by atoms with E-state index in [9.17, 15) is 4.79 Å². The molecule has 1 aromatic heterocycles. The van der Waals surface area contributed by atoms with Crippen molar-refractivity contribution in [3.63, 3.8) is 0 Å². The Kier molecular flexibility index (Phi) is 7.79. The molecule has 3 aromatic rings. The second kappa shape index (κ2) is 10.8. The molecule has 0 unspecified atom stereocenters. The molecule has 1 aliphatic rings. The highest BCUT2D eigenvalue weighted by Gasteiger charge is 2.32. The number of aromatic nitrogens is 2. The van der Waals surface area contributed by atoms with Crippen LogP contribution >= 0.6 is 23.2 Å². The molecule has 2 aromatic carbocycles. The molecule has 1 amide bonds. The molecule has 0 aliphatic carbocycles. The highest BCUT2D eigenvalue weighted by atomic mass is 35.5. The Labute approximate surface area is 210 Å². The van der Waals surface area contributed by atoms with Crippen molar-refractivity contribution in [1.82, 2.24) is 15.0 Å². The average Bonchev–Trinajstić information content (AvgIpc) is 3.30. The molecule has 0 radical (unpaired) electrons. The Morgan fingerprint density at radius 1 is 1.24 bits per heavy atom. The van der Waals surface area contributed by atoms with Crippen LogP contribution in [0.15, 0.2) is 47.0 Å². The Hall–Kier alpha value is -2.57. The number of benzene rings is 2. The normalized spacial score (nSPS) is 17.0. The van der Waals surface area contributed by atoms with Crippen LogP contribution in [0.25, 0.3) is 11.4 Å². The van der Waals surface area contributed by atoms with Crippen molar-refractivity contribution in [2.45, 2.75) is 52.6 Å². The maximum Gasteiger partial charge on any atom is 0.246 e. The number of rotatable bonds is 7. The van der Waals surface area contributed by atoms with Gasteiger partial charge in [-0.05, 0) is 63.4 Å². The zero-order valence-electron chi connectivity index (χ0n) is 19.8. The van der Waals surface area contributed by atoms with Crippen LogP contribution in [-0.2, 0) is 11.3 Å². The molecule has 8 heteroatoms. The van der Waals surface area contributed by atoms with Gasteiger partial charge in [0.25, 0.3) is 0 Å². The number of nitrogens with zero attached hydrogens (tertiary/aromatic N) is 4. The van der Waals surface area contributed by atoms with Crippen molar-refractivity contribution < 1.29 is 9.32 Å². The minimum Gasteiger partial charge on any atom is -0.371 e. The van der Waals surface area contributed by atoms with E-state index in [2.05, 4.69) is 60.1 Å². The summed E-state index contributed by atoms with van der Waals surface area (Å²) in [7, 11) is 0. The number of aryl methyl sites for hydroxylation is 1. The van der Waals surface area contributed by atoms with E-state index in [1.807, 2.05) is 4.90 Å². The van der Waals surface area contributed by atoms with E-state index in [1.165, 1.54) is 11.3 Å². The van der Waals surface area contributed by atoms with Crippen LogP contribution in [-0.4, -0.2) is 40.1 Å². The number of amides is 1. The summed E-state index contributed by atoms with van der Waals surface area (Å²) in [5.74, 6) is 0.838. The molecular formula is C26H30Cl2N4O2. The van der Waals surface area contributed by atoms with Crippen molar-refractivity contribution in [2.24, 2.45) is 5.92 Å². The van der Waals surface area contributed by atoms with Crippen LogP contribution in [0.2, 0.25) is 10.0 Å². The topological polar surface area (TPSA) is 62.5 Å². The van der Waals surface area contributed by atoms with E-state index in [0.717, 1.165) is 25.8 Å². The summed E-state index contributed by atoms with van der Waals surface area (Å²) >= 11 is 12.3. The zero-order chi connectivity index (χ0) is 24.2. The SMILES string of the molecule is CC[C@@H](C)N(Cc1nc(-c2ccc(Cl)cc2Cl)no1)C(=O)[C@H]1CCCN(c2ccc(C)cc2)C1. The molecule has 1 aliphatic heterocycles. The van der Waals surface area contributed by atoms with Crippen LogP contribution in [0, 0.1) is 12.8 Å². The predicted octanol–water partition coefficient (Wildman–Crippen LogP) is 6.40. The number of anilines is 1. The van der Waals surface area contributed by atoms with E-state index >= 15 is 0 Å². The molecule has 0 spiro atoms. The Balaban J connectivity index is 1.50. The average molecular weight is 501 g/mol. The summed E-state index contributed by atoms with van der Waals surface area (Å²) in [6, 6.07) is 13.7. The lowest BCUT2D eigenvalue weighted by Gasteiger charge is -2.37. The van der Waals surface area contributed by atoms with Gasteiger partial charge in [0.1, 0.15) is 6.54 Å². The fourth-order valence-corrected chi connectivity index (χ4v) is 4.81. The third-order valence-corrected chi connectivity index (χ3v) is 7.07. The molecule has 0 saturated carbocycles. The maximum absolute atomic E-state index is 13.7. The first-order chi connectivity index (χ1) is 16.4. The highest BCUT2D eigenvalue weighted by molar-refractivity contribution is 6.36. The second-order valence-corrected chi connectivity index (χ2v) is 9.82. The van der Waals surface area contributed by atoms with E-state index in [1.54, 1.807) is 18.2 Å². The van der Waals surface area contributed by atoms with Gasteiger partial charge in [-0.15, -0.1) is 0 Å². The molecular weight excluding hydrogens is 471 g/mol. The fourth-order valence-electron chi connectivity index (χ4n) is 4.32. The van der Waals surface area contributed by atoms with Gasteiger partial charge < -0.3 is 14.3 Å². The number of carbonyl (C=O) groups is 1. The quantitative estimate of drug-likeness (QED) is 0.375. The summed E-state index contributed by atoms with van der Waals surface area (Å²) in [6.45, 7) is 8.17. The van der Waals surface area contributed by atoms with Gasteiger partial charge in [0, 0.05) is 35.4 Å². The minimum atomic E-state index is -0.0721. The van der Waals surface area contributed by atoms with Crippen LogP contribution in [0.4, 0.5) is 5.69 Å². The molecule has 0 bridgehead atoms. The van der Waals surface area contributed by atoms with Gasteiger partial charge in [-0.2, -0.15) is 4.98 Å². The van der Waals surface area contributed by atoms with Crippen molar-refractivity contribution in [1.29, 1.82) is 0 Å². The van der Waals surface area contributed by atoms with Gasteiger partial charge in [0.05, 0.1) is 10.9 Å². The summed E-state index contributed by atoms with van der Waals surface area (Å²) < 4.78 is 5.51. The molecule has 4 rings (SSSR count). The smallest absolute Gasteiger partial charge is 0.246 e. The fraction of sp³-hybridized carbons (Fsp3) is 0.423. The largest absolute Gasteiger partial charge is 0.371 e. The van der Waals surface area contributed by atoms with Gasteiger partial charge in [-0.1, -0.05) is 53.0 Å². The molecule has 0 N–H and O–H groups in total. The first kappa shape index (κ1) is 24.6. The third kappa shape index (κ3) is 5.56. The molecule has 2 atom stereocenters. The van der Waals surface area contributed by atoms with Crippen molar-refractivity contribution in [3.05, 3.63) is 64.0 Å². The Morgan fingerprint density at radius 2 is 2.00 bits per heavy atom. The first-order valence-electron chi connectivity index (χ1n) is 11.8. The third-order valence-electron chi connectivity index (χ3n) is 6.52. The molecule has 1 saturated heterocycles. The van der Waals surface area contributed by atoms with Gasteiger partial charge in [-0.3, -0.25) is 4.79 Å². The van der Waals surface area contributed by atoms with Crippen LogP contribution in [0.3, 0.4) is 0 Å². The lowest BCUT2D eigenvalue weighted by Crippen LogP contribution is -2.47. The number of carbonyl (C=O) groups excluding carboxylic acids is 1. The Bertz CT molecular complexity index is 1130. The number of hydrogen-bond acceptors (Lipinski definition) is 5. The standard InChI is InChI=1S/C26H30Cl2N4O2/c1-4-18(3)32(16-24-29-25(30-34-24)22-12-9-20(27)14-23(22)28)26(33)19-6-5-13-31(15-19)21-10-7-17(2)8-11-21/h7-12,14,18-19H,4-6,13,15-16H2,1-3H3/t18-,19+/m1/s1. The number of hydrogen-bond donors (Lipinski definition) is 0. The summed E-state index contributed by atoms with van der Waals surface area (Å²) in [6.07, 6.45) is 2.70. The van der Waals surface area contributed by atoms with Gasteiger partial charge in [-0.25, -0.2) is 0 Å². The molecule has 34 heavy (non-hydrogen) atoms. The molecule has 1 fully saturated rings. The van der Waals surface area contributed by atoms with Crippen molar-refractivity contribution >= 4 is 34.8 Å². The van der Waals surface area contributed by atoms with E-state index in [-0.39, 0.29) is 24.4 Å². The summed E-state index contributed by atoms with van der Waals surface area (Å²) in [5.41, 5.74) is 3.04. The van der Waals surface area contributed by atoms with Gasteiger partial charge in [0.2, 0.25) is 17.6 Å². The second-order valence-electron chi connectivity index (χ2n) is 8.98. The van der Waals surface area contributed by atoms with Gasteiger partial charge in [0.15, 0.2) is 0 Å². The summed E-state index contributed by atoms with van der Waals surface area (Å²) in [4.78, 5) is 22.4. The van der Waals surface area contributed by atoms with E-state index in [0.29, 0.717) is 33.9 Å². The van der Waals surface area contributed by atoms with Crippen LogP contribution in [0.1, 0.15) is 44.6 Å². The van der Waals surface area contributed by atoms with E-state index in [4.69, 9.17) is 27.7 Å². The highest BCUT2D eigenvalue weighted by Crippen LogP contribution is 2.29. The first-order valence-corrected chi connectivity index (χ1v) is 12.5. The van der Waals surface area contributed by atoms with Gasteiger partial charge >= 0.3 is 0 Å². The molecule has 2 heterocycles. The minimum absolute atomic E-state index is 0.0525. The lowest BCUT2D eigenvalue weighted by atomic mass is 9.95. The number of piperidine rings is 1. The van der Waals surface area contributed by atoms with Crippen molar-refractivity contribution in [3.8, 4) is 11.4 Å². The summed E-state index contributed by atoms with van der Waals surface area (Å²) in [5, 5.41) is 5.08. The Morgan fingerprint density at radius 3 is 2.71 bits per heavy atom. The predicted molar refractivity (Wildman–Crippen MR) is 136 cm³/mol. The molecule has 180 valence electrons.